The molecule has 37 heavy (non-hydrogen) atoms. The van der Waals surface area contributed by atoms with Gasteiger partial charge in [-0.3, -0.25) is 9.59 Å². The molecule has 0 radical (unpaired) electrons. The molecule has 7 nitrogen and oxygen atoms in total. The molecule has 0 saturated carbocycles. The van der Waals surface area contributed by atoms with E-state index in [1.54, 1.807) is 18.2 Å². The lowest BCUT2D eigenvalue weighted by atomic mass is 10.0. The van der Waals surface area contributed by atoms with E-state index in [4.69, 9.17) is 23.2 Å². The van der Waals surface area contributed by atoms with Crippen molar-refractivity contribution in [2.45, 2.75) is 58.8 Å². The molecule has 2 amide bonds. The molecule has 0 aliphatic heterocycles. The molecule has 1 atom stereocenters. The van der Waals surface area contributed by atoms with Crippen molar-refractivity contribution in [2.24, 2.45) is 5.92 Å². The zero-order chi connectivity index (χ0) is 27.3. The van der Waals surface area contributed by atoms with Gasteiger partial charge in [-0.1, -0.05) is 64.7 Å². The highest BCUT2D eigenvalue weighted by Gasteiger charge is 2.25. The summed E-state index contributed by atoms with van der Waals surface area (Å²) in [5.74, 6) is 0.653. The Morgan fingerprint density at radius 3 is 2.38 bits per heavy atom. The summed E-state index contributed by atoms with van der Waals surface area (Å²) in [4.78, 5) is 25.8. The summed E-state index contributed by atoms with van der Waals surface area (Å²) in [6, 6.07) is 8.33. The van der Waals surface area contributed by atoms with Crippen LogP contribution in [0, 0.1) is 19.8 Å². The van der Waals surface area contributed by atoms with E-state index in [9.17, 15) is 9.59 Å². The minimum Gasteiger partial charge on any atom is -0.342 e. The van der Waals surface area contributed by atoms with Crippen molar-refractivity contribution in [1.82, 2.24) is 20.1 Å². The van der Waals surface area contributed by atoms with Crippen LogP contribution in [0.1, 0.15) is 60.5 Å². The number of aromatic nitrogens is 3. The Hall–Kier alpha value is -2.07. The maximum absolute atomic E-state index is 13.1. The van der Waals surface area contributed by atoms with Crippen LogP contribution in [0.2, 0.25) is 10.0 Å². The van der Waals surface area contributed by atoms with Gasteiger partial charge < -0.3 is 15.2 Å². The number of aryl methyl sites for hydroxylation is 2. The smallest absolute Gasteiger partial charge is 0.253 e. The topological polar surface area (TPSA) is 88.9 Å². The molecule has 198 valence electrons. The fraction of sp³-hybridized carbons (Fsp3) is 0.385. The minimum absolute atomic E-state index is 0.130. The summed E-state index contributed by atoms with van der Waals surface area (Å²) < 4.78 is 2.91. The number of hydrogen-bond acceptors (Lipinski definition) is 5. The molecule has 0 spiro atoms. The number of amides is 2. The second kappa shape index (κ2) is 13.1. The van der Waals surface area contributed by atoms with E-state index in [-0.39, 0.29) is 34.5 Å². The summed E-state index contributed by atoms with van der Waals surface area (Å²) in [5, 5.41) is 16.2. The summed E-state index contributed by atoms with van der Waals surface area (Å²) in [5.41, 5.74) is 3.12. The average molecular weight is 627 g/mol. The lowest BCUT2D eigenvalue weighted by Gasteiger charge is -2.21. The third kappa shape index (κ3) is 7.72. The Kier molecular flexibility index (Phi) is 10.5. The van der Waals surface area contributed by atoms with Crippen LogP contribution in [0.4, 0.5) is 5.69 Å². The molecule has 0 fully saturated rings. The van der Waals surface area contributed by atoms with Gasteiger partial charge in [0.15, 0.2) is 11.0 Å². The highest BCUT2D eigenvalue weighted by molar-refractivity contribution is 9.10. The number of carbonyl (C=O) groups is 2. The van der Waals surface area contributed by atoms with E-state index in [1.807, 2.05) is 37.5 Å². The Bertz CT molecular complexity index is 1270. The number of anilines is 1. The van der Waals surface area contributed by atoms with Crippen LogP contribution in [0.3, 0.4) is 0 Å². The first-order valence-corrected chi connectivity index (χ1v) is 14.4. The van der Waals surface area contributed by atoms with Crippen LogP contribution in [0.5, 0.6) is 0 Å². The molecule has 2 N–H and O–H groups in total. The van der Waals surface area contributed by atoms with E-state index in [0.29, 0.717) is 34.5 Å². The van der Waals surface area contributed by atoms with Crippen LogP contribution < -0.4 is 10.6 Å². The molecule has 0 aliphatic carbocycles. The van der Waals surface area contributed by atoms with Gasteiger partial charge in [0.1, 0.15) is 0 Å². The van der Waals surface area contributed by atoms with Crippen LogP contribution in [0.25, 0.3) is 0 Å². The van der Waals surface area contributed by atoms with Crippen LogP contribution in [-0.4, -0.2) is 32.3 Å². The van der Waals surface area contributed by atoms with E-state index < -0.39 is 0 Å². The molecule has 0 saturated heterocycles. The molecule has 0 aliphatic rings. The largest absolute Gasteiger partial charge is 0.342 e. The first-order valence-electron chi connectivity index (χ1n) is 11.9. The highest BCUT2D eigenvalue weighted by atomic mass is 79.9. The number of nitrogens with one attached hydrogen (secondary N) is 2. The maximum Gasteiger partial charge on any atom is 0.253 e. The highest BCUT2D eigenvalue weighted by Crippen LogP contribution is 2.28. The van der Waals surface area contributed by atoms with E-state index in [2.05, 4.69) is 50.6 Å². The zero-order valence-electron chi connectivity index (χ0n) is 21.4. The number of halogens is 3. The monoisotopic (exact) mass is 625 g/mol. The van der Waals surface area contributed by atoms with Gasteiger partial charge in [-0.15, -0.1) is 10.2 Å². The van der Waals surface area contributed by atoms with Crippen molar-refractivity contribution in [3.8, 4) is 0 Å². The van der Waals surface area contributed by atoms with Crippen LogP contribution >= 0.6 is 50.9 Å². The van der Waals surface area contributed by atoms with Gasteiger partial charge in [-0.25, -0.2) is 0 Å². The number of carbonyl (C=O) groups excluding carboxylic acids is 2. The third-order valence-electron chi connectivity index (χ3n) is 5.66. The second-order valence-corrected chi connectivity index (χ2v) is 11.8. The molecule has 1 aromatic heterocycles. The summed E-state index contributed by atoms with van der Waals surface area (Å²) in [6.45, 7) is 10.6. The summed E-state index contributed by atoms with van der Waals surface area (Å²) >= 11 is 17.0. The van der Waals surface area contributed by atoms with Crippen molar-refractivity contribution >= 4 is 68.4 Å². The molecule has 1 heterocycles. The maximum atomic E-state index is 13.1. The van der Waals surface area contributed by atoms with Crippen molar-refractivity contribution in [3.05, 3.63) is 67.4 Å². The van der Waals surface area contributed by atoms with Crippen molar-refractivity contribution in [1.29, 1.82) is 0 Å². The van der Waals surface area contributed by atoms with Gasteiger partial charge in [0.05, 0.1) is 22.4 Å². The normalized spacial score (nSPS) is 12.0. The second-order valence-electron chi connectivity index (χ2n) is 9.12. The molecule has 0 unspecified atom stereocenters. The van der Waals surface area contributed by atoms with Crippen molar-refractivity contribution < 1.29 is 9.59 Å². The number of benzene rings is 2. The first-order chi connectivity index (χ1) is 17.5. The molecule has 3 rings (SSSR count). The number of hydrogen-bond donors (Lipinski definition) is 2. The molecular weight excluding hydrogens is 597 g/mol. The predicted molar refractivity (Wildman–Crippen MR) is 155 cm³/mol. The number of rotatable bonds is 10. The summed E-state index contributed by atoms with van der Waals surface area (Å²) in [6.07, 6.45) is 0.655. The average Bonchev–Trinajstić information content (AvgIpc) is 3.22. The van der Waals surface area contributed by atoms with Gasteiger partial charge in [0.2, 0.25) is 5.91 Å². The Labute approximate surface area is 240 Å². The van der Waals surface area contributed by atoms with Crippen LogP contribution in [-0.2, 0) is 11.3 Å². The lowest BCUT2D eigenvalue weighted by molar-refractivity contribution is -0.113. The number of thioether (sulfide) groups is 1. The third-order valence-corrected chi connectivity index (χ3v) is 7.63. The van der Waals surface area contributed by atoms with Gasteiger partial charge in [-0.2, -0.15) is 0 Å². The minimum atomic E-state index is -0.386. The molecular formula is C26H30BrCl2N5O2S. The first kappa shape index (κ1) is 29.5. The van der Waals surface area contributed by atoms with Gasteiger partial charge >= 0.3 is 0 Å². The Morgan fingerprint density at radius 2 is 1.78 bits per heavy atom. The van der Waals surface area contributed by atoms with E-state index >= 15 is 0 Å². The Balaban J connectivity index is 1.76. The van der Waals surface area contributed by atoms with E-state index in [0.717, 1.165) is 21.3 Å². The molecule has 11 heteroatoms. The van der Waals surface area contributed by atoms with Gasteiger partial charge in [-0.05, 0) is 74.6 Å². The fourth-order valence-corrected chi connectivity index (χ4v) is 5.98. The van der Waals surface area contributed by atoms with Crippen molar-refractivity contribution in [3.63, 3.8) is 0 Å². The zero-order valence-corrected chi connectivity index (χ0v) is 25.3. The predicted octanol–water partition coefficient (Wildman–Crippen LogP) is 7.23. The number of nitrogens with zero attached hydrogens (tertiary/aromatic N) is 3. The van der Waals surface area contributed by atoms with Gasteiger partial charge in [0, 0.05) is 21.7 Å². The van der Waals surface area contributed by atoms with Gasteiger partial charge in [0.25, 0.3) is 5.91 Å². The summed E-state index contributed by atoms with van der Waals surface area (Å²) in [7, 11) is 0. The van der Waals surface area contributed by atoms with Crippen LogP contribution in [0.15, 0.2) is 40.0 Å². The quantitative estimate of drug-likeness (QED) is 0.232. The SMILES string of the molecule is CCn1c(SCC(=O)Nc2c(C)cc(Br)cc2C)nnc1[C@@H](CC(C)C)NC(=O)c1ccc(Cl)cc1Cl. The van der Waals surface area contributed by atoms with Crippen molar-refractivity contribution in [2.75, 3.05) is 11.1 Å². The lowest BCUT2D eigenvalue weighted by Crippen LogP contribution is -2.32. The van der Waals surface area contributed by atoms with E-state index in [1.165, 1.54) is 11.8 Å². The standard InChI is InChI=1S/C26H30BrCl2N5O2S/c1-6-34-24(21(9-14(2)3)30-25(36)19-8-7-18(28)12-20(19)29)32-33-26(34)37-13-22(35)31-23-15(4)10-17(27)11-16(23)5/h7-8,10-12,14,21H,6,9,13H2,1-5H3,(H,30,36)(H,31,35)/t21-/m1/s1. The molecule has 0 bridgehead atoms. The molecule has 2 aromatic carbocycles. The molecule has 3 aromatic rings. The Morgan fingerprint density at radius 1 is 1.11 bits per heavy atom. The fourth-order valence-electron chi connectivity index (χ4n) is 3.99.